The minimum Gasteiger partial charge on any atom is -0.569 e. The Balaban J connectivity index is 2.15. The van der Waals surface area contributed by atoms with Crippen molar-refractivity contribution in [1.29, 1.82) is 0 Å². The summed E-state index contributed by atoms with van der Waals surface area (Å²) in [6.07, 6.45) is -6.30. The Morgan fingerprint density at radius 2 is 2.10 bits per heavy atom. The maximum atomic E-state index is 13.4. The number of alkyl halides is 3. The zero-order chi connectivity index (χ0) is 21.8. The summed E-state index contributed by atoms with van der Waals surface area (Å²) in [7, 11) is 1.31. The summed E-state index contributed by atoms with van der Waals surface area (Å²) < 4.78 is 50.0. The lowest BCUT2D eigenvalue weighted by atomic mass is 9.97. The average Bonchev–Trinajstić information content (AvgIpc) is 2.63. The van der Waals surface area contributed by atoms with E-state index in [1.165, 1.54) is 7.05 Å². The molecule has 1 aliphatic heterocycles. The molecule has 1 aliphatic rings. The van der Waals surface area contributed by atoms with Crippen molar-refractivity contribution in [2.75, 3.05) is 27.0 Å². The Morgan fingerprint density at radius 3 is 2.72 bits per heavy atom. The molecule has 0 unspecified atom stereocenters. The van der Waals surface area contributed by atoms with Crippen LogP contribution in [0.25, 0.3) is 6.08 Å². The van der Waals surface area contributed by atoms with Gasteiger partial charge >= 0.3 is 12.1 Å². The lowest BCUT2D eigenvalue weighted by Crippen LogP contribution is -2.41. The molecule has 1 N–H and O–H groups in total. The molecule has 29 heavy (non-hydrogen) atoms. The summed E-state index contributed by atoms with van der Waals surface area (Å²) in [5.41, 5.74) is 0.846. The number of carbonyl (C=O) groups excluding carboxylic acids is 1. The summed E-state index contributed by atoms with van der Waals surface area (Å²) >= 11 is 0. The lowest BCUT2D eigenvalue weighted by molar-refractivity contribution is -0.706. The number of ether oxygens (including phenoxy) is 2. The number of hydrazine groups is 1. The van der Waals surface area contributed by atoms with Gasteiger partial charge in [-0.05, 0) is 31.6 Å². The summed E-state index contributed by atoms with van der Waals surface area (Å²) in [5.74, 6) is -1.29. The molecule has 0 amide bonds. The average molecular weight is 419 g/mol. The van der Waals surface area contributed by atoms with Crippen LogP contribution >= 0.6 is 0 Å². The Labute approximate surface area is 164 Å². The molecule has 0 saturated heterocycles. The molecule has 1 aromatic rings. The quantitative estimate of drug-likeness (QED) is 0.180. The van der Waals surface area contributed by atoms with E-state index in [0.717, 1.165) is 16.6 Å². The van der Waals surface area contributed by atoms with Gasteiger partial charge in [0.2, 0.25) is 11.4 Å². The molecule has 1 atom stereocenters. The van der Waals surface area contributed by atoms with Crippen LogP contribution < -0.4 is 4.74 Å². The van der Waals surface area contributed by atoms with Crippen LogP contribution in [0.5, 0.6) is 5.75 Å². The molecule has 9 nitrogen and oxygen atoms in total. The highest BCUT2D eigenvalue weighted by Crippen LogP contribution is 2.39. The van der Waals surface area contributed by atoms with E-state index in [0.29, 0.717) is 11.1 Å². The van der Waals surface area contributed by atoms with Crippen molar-refractivity contribution in [3.63, 3.8) is 0 Å². The van der Waals surface area contributed by atoms with E-state index in [-0.39, 0.29) is 23.9 Å². The van der Waals surface area contributed by atoms with Gasteiger partial charge in [0.05, 0.1) is 30.7 Å². The van der Waals surface area contributed by atoms with Crippen molar-refractivity contribution in [1.82, 2.24) is 5.01 Å². The summed E-state index contributed by atoms with van der Waals surface area (Å²) in [5, 5.41) is 24.1. The number of carbonyl (C=O) groups is 1. The Kier molecular flexibility index (Phi) is 6.90. The topological polar surface area (TPSA) is 107 Å². The number of aliphatic hydroxyl groups is 1. The maximum absolute atomic E-state index is 13.4. The Hall–Kier alpha value is -3.02. The second-order valence-electron chi connectivity index (χ2n) is 6.26. The molecule has 0 spiro atoms. The number of rotatable bonds is 7. The van der Waals surface area contributed by atoms with Gasteiger partial charge in [0, 0.05) is 5.56 Å². The number of aliphatic hydroxyl groups excluding tert-OH is 1. The first-order chi connectivity index (χ1) is 13.5. The fourth-order valence-corrected chi connectivity index (χ4v) is 2.62. The van der Waals surface area contributed by atoms with E-state index in [2.05, 4.69) is 14.9 Å². The molecule has 0 radical (unpaired) electrons. The number of hydrogen-bond acceptors (Lipinski definition) is 7. The molecule has 0 bridgehead atoms. The summed E-state index contributed by atoms with van der Waals surface area (Å²) in [6, 6.07) is 3.25. The van der Waals surface area contributed by atoms with Crippen LogP contribution in [0.15, 0.2) is 23.0 Å². The molecular weight excluding hydrogens is 399 g/mol. The zero-order valence-electron chi connectivity index (χ0n) is 15.9. The highest BCUT2D eigenvalue weighted by molar-refractivity contribution is 5.96. The van der Waals surface area contributed by atoms with Crippen molar-refractivity contribution in [3.05, 3.63) is 39.6 Å². The fourth-order valence-electron chi connectivity index (χ4n) is 2.62. The summed E-state index contributed by atoms with van der Waals surface area (Å²) in [6.45, 7) is 2.12. The van der Waals surface area contributed by atoms with E-state index in [4.69, 9.17) is 9.84 Å². The molecule has 1 aromatic carbocycles. The highest BCUT2D eigenvalue weighted by atomic mass is 19.4. The second-order valence-corrected chi connectivity index (χ2v) is 6.26. The monoisotopic (exact) mass is 419 g/mol. The van der Waals surface area contributed by atoms with Crippen molar-refractivity contribution >= 4 is 12.0 Å². The van der Waals surface area contributed by atoms with Crippen LogP contribution in [0.1, 0.15) is 16.7 Å². The second kappa shape index (κ2) is 8.99. The predicted octanol–water partition coefficient (Wildman–Crippen LogP) is 2.24. The maximum Gasteiger partial charge on any atom is 0.430 e. The van der Waals surface area contributed by atoms with E-state index >= 15 is 0 Å². The predicted molar refractivity (Wildman–Crippen MR) is 92.2 cm³/mol. The van der Waals surface area contributed by atoms with Crippen LogP contribution in [0.4, 0.5) is 13.2 Å². The number of likely N-dealkylation sites (N-methyl/N-ethyl adjacent to an activating group) is 1. The first-order valence-electron chi connectivity index (χ1n) is 8.40. The minimum atomic E-state index is -4.86. The van der Waals surface area contributed by atoms with Crippen molar-refractivity contribution in [2.24, 2.45) is 5.28 Å². The highest BCUT2D eigenvalue weighted by Gasteiger charge is 2.49. The number of halogens is 3. The molecular formula is C17H20F3N3O6. The van der Waals surface area contributed by atoms with E-state index < -0.39 is 30.6 Å². The Bertz CT molecular complexity index is 825. The van der Waals surface area contributed by atoms with Crippen molar-refractivity contribution < 1.29 is 42.4 Å². The molecule has 0 fully saturated rings. The number of nitrogens with zero attached hydrogens (tertiary/aromatic N) is 3. The van der Waals surface area contributed by atoms with Crippen LogP contribution in [-0.4, -0.2) is 60.3 Å². The Morgan fingerprint density at radius 1 is 1.41 bits per heavy atom. The third-order valence-electron chi connectivity index (χ3n) is 3.90. The number of aryl methyl sites for hydroxylation is 2. The van der Waals surface area contributed by atoms with Crippen molar-refractivity contribution in [2.45, 2.75) is 26.1 Å². The normalized spacial score (nSPS) is 16.4. The standard InChI is InChI=1S/C17H20F3N3O6/c1-10-6-11(2)14-12(7-10)8-13(15(29-14)17(18,19)20)16(25)27-9-28-21-23(26)22(3)4-5-24/h6-8,15,24H,4-5,9H2,1-3H3/t15-/m0/s1. The number of fused-ring (bicyclic) bond motifs is 1. The minimum absolute atomic E-state index is 0.0205. The largest absolute Gasteiger partial charge is 0.569 e. The number of hydrogen-bond donors (Lipinski definition) is 1. The molecule has 12 heteroatoms. The third kappa shape index (κ3) is 5.50. The van der Waals surface area contributed by atoms with Gasteiger partial charge in [-0.1, -0.05) is 11.6 Å². The van der Waals surface area contributed by atoms with Crippen LogP contribution in [-0.2, 0) is 14.4 Å². The number of benzene rings is 1. The number of esters is 1. The molecule has 2 rings (SSSR count). The van der Waals surface area contributed by atoms with Gasteiger partial charge in [0.25, 0.3) is 6.79 Å². The molecule has 0 aromatic heterocycles. The first-order valence-corrected chi connectivity index (χ1v) is 8.40. The summed E-state index contributed by atoms with van der Waals surface area (Å²) in [4.78, 5) is 16.6. The van der Waals surface area contributed by atoms with Crippen molar-refractivity contribution in [3.8, 4) is 5.75 Å². The molecule has 160 valence electrons. The molecule has 0 aliphatic carbocycles. The van der Waals surface area contributed by atoms with Gasteiger partial charge < -0.3 is 24.6 Å². The fraction of sp³-hybridized carbons (Fsp3) is 0.471. The van der Waals surface area contributed by atoms with E-state index in [9.17, 15) is 23.2 Å². The van der Waals surface area contributed by atoms with Gasteiger partial charge in [-0.3, -0.25) is 0 Å². The van der Waals surface area contributed by atoms with Crippen LogP contribution in [0, 0.1) is 19.1 Å². The van der Waals surface area contributed by atoms with Crippen LogP contribution in [0.3, 0.4) is 0 Å². The SMILES string of the molecule is Cc1cc(C)c2c(c1)C=C(C(=O)OCON=[N+]([O-])N(C)CCO)[C@@H](C(F)(F)F)O2. The van der Waals surface area contributed by atoms with E-state index in [1.807, 2.05) is 0 Å². The van der Waals surface area contributed by atoms with Crippen LogP contribution in [0.2, 0.25) is 0 Å². The van der Waals surface area contributed by atoms with Gasteiger partial charge in [-0.25, -0.2) is 4.79 Å². The van der Waals surface area contributed by atoms with Gasteiger partial charge in [-0.2, -0.15) is 13.2 Å². The van der Waals surface area contributed by atoms with Gasteiger partial charge in [0.1, 0.15) is 5.75 Å². The molecule has 0 saturated carbocycles. The van der Waals surface area contributed by atoms with Gasteiger partial charge in [-0.15, -0.1) is 5.01 Å². The van der Waals surface area contributed by atoms with E-state index in [1.54, 1.807) is 26.0 Å². The first kappa shape index (κ1) is 22.3. The third-order valence-corrected chi connectivity index (χ3v) is 3.90. The smallest absolute Gasteiger partial charge is 0.430 e. The zero-order valence-corrected chi connectivity index (χ0v) is 15.9. The molecule has 1 heterocycles. The van der Waals surface area contributed by atoms with Gasteiger partial charge in [0.15, 0.2) is 0 Å². The lowest BCUT2D eigenvalue weighted by Gasteiger charge is -2.29.